The number of aryl methyl sites for hydroxylation is 2. The van der Waals surface area contributed by atoms with Crippen molar-refractivity contribution in [3.8, 4) is 0 Å². The number of aromatic nitrogens is 1. The summed E-state index contributed by atoms with van der Waals surface area (Å²) >= 11 is 0. The summed E-state index contributed by atoms with van der Waals surface area (Å²) in [7, 11) is 0. The Labute approximate surface area is 164 Å². The number of hydrogen-bond acceptors (Lipinski definition) is 2. The molecular weight excluding hydrogens is 350 g/mol. The van der Waals surface area contributed by atoms with E-state index < -0.39 is 0 Å². The van der Waals surface area contributed by atoms with E-state index in [0.29, 0.717) is 13.1 Å². The molecule has 1 saturated heterocycles. The third kappa shape index (κ3) is 3.65. The Bertz CT molecular complexity index is 1020. The number of carbonyl (C=O) groups is 2. The van der Waals surface area contributed by atoms with E-state index in [2.05, 4.69) is 35.4 Å². The highest BCUT2D eigenvalue weighted by Gasteiger charge is 2.34. The number of H-pyrrole nitrogens is 1. The van der Waals surface area contributed by atoms with Crippen molar-refractivity contribution in [1.82, 2.24) is 10.3 Å². The number of nitrogens with zero attached hydrogens (tertiary/aromatic N) is 1. The normalized spacial score (nSPS) is 16.7. The van der Waals surface area contributed by atoms with Gasteiger partial charge in [-0.3, -0.25) is 9.59 Å². The van der Waals surface area contributed by atoms with Crippen molar-refractivity contribution in [2.24, 2.45) is 5.92 Å². The summed E-state index contributed by atoms with van der Waals surface area (Å²) < 4.78 is 0. The fourth-order valence-electron chi connectivity index (χ4n) is 3.82. The van der Waals surface area contributed by atoms with Crippen LogP contribution in [0.4, 0.5) is 5.69 Å². The van der Waals surface area contributed by atoms with Crippen molar-refractivity contribution in [1.29, 1.82) is 0 Å². The highest BCUT2D eigenvalue weighted by atomic mass is 16.2. The fourth-order valence-corrected chi connectivity index (χ4v) is 3.82. The summed E-state index contributed by atoms with van der Waals surface area (Å²) in [5, 5.41) is 4.22. The lowest BCUT2D eigenvalue weighted by Crippen LogP contribution is -2.34. The Kier molecular flexibility index (Phi) is 4.90. The van der Waals surface area contributed by atoms with Gasteiger partial charge in [0.2, 0.25) is 11.8 Å². The monoisotopic (exact) mass is 375 g/mol. The standard InChI is InChI=1S/C23H25N3O2/c1-15-3-6-19(7-4-15)26-14-18(12-22(26)27)23(28)24-10-9-17-13-25-21-8-5-16(2)11-20(17)21/h3-8,11,13,18,25H,9-10,12,14H2,1-2H3,(H,24,28). The molecule has 0 bridgehead atoms. The lowest BCUT2D eigenvalue weighted by molar-refractivity contribution is -0.126. The molecule has 2 amide bonds. The maximum absolute atomic E-state index is 12.6. The molecule has 1 unspecified atom stereocenters. The lowest BCUT2D eigenvalue weighted by atomic mass is 10.1. The Hall–Kier alpha value is -3.08. The maximum Gasteiger partial charge on any atom is 0.227 e. The van der Waals surface area contributed by atoms with E-state index >= 15 is 0 Å². The summed E-state index contributed by atoms with van der Waals surface area (Å²) in [5.41, 5.74) is 5.54. The number of benzene rings is 2. The number of hydrogen-bond donors (Lipinski definition) is 2. The third-order valence-electron chi connectivity index (χ3n) is 5.46. The Morgan fingerprint density at radius 1 is 1.14 bits per heavy atom. The van der Waals surface area contributed by atoms with Crippen LogP contribution >= 0.6 is 0 Å². The van der Waals surface area contributed by atoms with E-state index in [9.17, 15) is 9.59 Å². The van der Waals surface area contributed by atoms with Crippen LogP contribution in [0.5, 0.6) is 0 Å². The van der Waals surface area contributed by atoms with Crippen LogP contribution in [-0.2, 0) is 16.0 Å². The Morgan fingerprint density at radius 3 is 2.68 bits per heavy atom. The van der Waals surface area contributed by atoms with Crippen LogP contribution in [0.2, 0.25) is 0 Å². The van der Waals surface area contributed by atoms with Crippen LogP contribution in [-0.4, -0.2) is 29.9 Å². The number of rotatable bonds is 5. The SMILES string of the molecule is Cc1ccc(N2CC(C(=O)NCCc3c[nH]c4ccc(C)cc34)CC2=O)cc1. The number of nitrogens with one attached hydrogen (secondary N) is 2. The summed E-state index contributed by atoms with van der Waals surface area (Å²) in [4.78, 5) is 29.9. The van der Waals surface area contributed by atoms with Gasteiger partial charge in [-0.1, -0.05) is 29.3 Å². The quantitative estimate of drug-likeness (QED) is 0.717. The zero-order valence-electron chi connectivity index (χ0n) is 16.3. The van der Waals surface area contributed by atoms with Gasteiger partial charge in [0.15, 0.2) is 0 Å². The lowest BCUT2D eigenvalue weighted by Gasteiger charge is -2.17. The first-order valence-corrected chi connectivity index (χ1v) is 9.72. The molecule has 5 heteroatoms. The highest BCUT2D eigenvalue weighted by molar-refractivity contribution is 6.00. The Morgan fingerprint density at radius 2 is 1.89 bits per heavy atom. The average molecular weight is 375 g/mol. The zero-order valence-corrected chi connectivity index (χ0v) is 16.3. The average Bonchev–Trinajstić information content (AvgIpc) is 3.26. The minimum Gasteiger partial charge on any atom is -0.361 e. The minimum atomic E-state index is -0.293. The largest absolute Gasteiger partial charge is 0.361 e. The van der Waals surface area contributed by atoms with E-state index in [-0.39, 0.29) is 24.2 Å². The molecule has 0 spiro atoms. The van der Waals surface area contributed by atoms with E-state index in [1.807, 2.05) is 37.4 Å². The number of anilines is 1. The molecule has 1 aliphatic heterocycles. The number of fused-ring (bicyclic) bond motifs is 1. The first-order valence-electron chi connectivity index (χ1n) is 9.72. The molecule has 1 atom stereocenters. The van der Waals surface area contributed by atoms with Crippen molar-refractivity contribution in [3.63, 3.8) is 0 Å². The molecule has 2 aromatic carbocycles. The van der Waals surface area contributed by atoms with Gasteiger partial charge in [-0.05, 0) is 50.1 Å². The molecule has 1 aromatic heterocycles. The van der Waals surface area contributed by atoms with Crippen molar-refractivity contribution in [2.75, 3.05) is 18.0 Å². The number of amides is 2. The van der Waals surface area contributed by atoms with Gasteiger partial charge >= 0.3 is 0 Å². The third-order valence-corrected chi connectivity index (χ3v) is 5.46. The summed E-state index contributed by atoms with van der Waals surface area (Å²) in [5.74, 6) is -0.325. The topological polar surface area (TPSA) is 65.2 Å². The van der Waals surface area contributed by atoms with Crippen LogP contribution in [0.15, 0.2) is 48.7 Å². The molecule has 28 heavy (non-hydrogen) atoms. The smallest absolute Gasteiger partial charge is 0.227 e. The van der Waals surface area contributed by atoms with Gasteiger partial charge in [0.05, 0.1) is 5.92 Å². The van der Waals surface area contributed by atoms with Crippen molar-refractivity contribution in [3.05, 3.63) is 65.4 Å². The van der Waals surface area contributed by atoms with Crippen molar-refractivity contribution >= 4 is 28.4 Å². The minimum absolute atomic E-state index is 0.0103. The maximum atomic E-state index is 12.6. The van der Waals surface area contributed by atoms with Gasteiger partial charge in [0, 0.05) is 42.3 Å². The second-order valence-corrected chi connectivity index (χ2v) is 7.64. The number of aromatic amines is 1. The molecule has 2 N–H and O–H groups in total. The van der Waals surface area contributed by atoms with E-state index in [1.165, 1.54) is 16.5 Å². The molecule has 144 valence electrons. The first kappa shape index (κ1) is 18.3. The van der Waals surface area contributed by atoms with Crippen molar-refractivity contribution in [2.45, 2.75) is 26.7 Å². The molecule has 4 rings (SSSR count). The van der Waals surface area contributed by atoms with Crippen molar-refractivity contribution < 1.29 is 9.59 Å². The van der Waals surface area contributed by atoms with Crippen LogP contribution in [0.1, 0.15) is 23.1 Å². The van der Waals surface area contributed by atoms with Crippen LogP contribution < -0.4 is 10.2 Å². The van der Waals surface area contributed by atoms with Crippen LogP contribution in [0.3, 0.4) is 0 Å². The van der Waals surface area contributed by atoms with E-state index in [0.717, 1.165) is 23.2 Å². The predicted octanol–water partition coefficient (Wildman–Crippen LogP) is 3.50. The van der Waals surface area contributed by atoms with Gasteiger partial charge < -0.3 is 15.2 Å². The molecule has 0 radical (unpaired) electrons. The van der Waals surface area contributed by atoms with E-state index in [1.54, 1.807) is 4.90 Å². The van der Waals surface area contributed by atoms with Crippen LogP contribution in [0, 0.1) is 19.8 Å². The molecule has 3 aromatic rings. The highest BCUT2D eigenvalue weighted by Crippen LogP contribution is 2.25. The van der Waals surface area contributed by atoms with E-state index in [4.69, 9.17) is 0 Å². The molecule has 2 heterocycles. The predicted molar refractivity (Wildman–Crippen MR) is 111 cm³/mol. The fraction of sp³-hybridized carbons (Fsp3) is 0.304. The van der Waals surface area contributed by atoms with Gasteiger partial charge in [0.25, 0.3) is 0 Å². The molecular formula is C23H25N3O2. The molecule has 1 aliphatic rings. The van der Waals surface area contributed by atoms with Gasteiger partial charge in [0.1, 0.15) is 0 Å². The molecule has 1 fully saturated rings. The van der Waals surface area contributed by atoms with Gasteiger partial charge in [-0.25, -0.2) is 0 Å². The molecule has 0 saturated carbocycles. The zero-order chi connectivity index (χ0) is 19.7. The Balaban J connectivity index is 1.34. The first-order chi connectivity index (χ1) is 13.5. The van der Waals surface area contributed by atoms with Gasteiger partial charge in [-0.15, -0.1) is 0 Å². The second kappa shape index (κ2) is 7.50. The summed E-state index contributed by atoms with van der Waals surface area (Å²) in [6.45, 7) is 5.10. The molecule has 0 aliphatic carbocycles. The summed E-state index contributed by atoms with van der Waals surface area (Å²) in [6, 6.07) is 14.2. The summed E-state index contributed by atoms with van der Waals surface area (Å²) in [6.07, 6.45) is 3.04. The van der Waals surface area contributed by atoms with Gasteiger partial charge in [-0.2, -0.15) is 0 Å². The molecule has 5 nitrogen and oxygen atoms in total. The second-order valence-electron chi connectivity index (χ2n) is 7.64. The number of carbonyl (C=O) groups excluding carboxylic acids is 2. The van der Waals surface area contributed by atoms with Crippen LogP contribution in [0.25, 0.3) is 10.9 Å².